The zero-order valence-electron chi connectivity index (χ0n) is 11.4. The van der Waals surface area contributed by atoms with E-state index in [-0.39, 0.29) is 23.0 Å². The number of nitrogen functional groups attached to an aromatic ring is 1. The summed E-state index contributed by atoms with van der Waals surface area (Å²) < 4.78 is 14.9. The summed E-state index contributed by atoms with van der Waals surface area (Å²) in [5.74, 6) is -0.354. The maximum absolute atomic E-state index is 13.6. The molecule has 0 bridgehead atoms. The molecule has 0 fully saturated rings. The quantitative estimate of drug-likeness (QED) is 0.690. The van der Waals surface area contributed by atoms with Gasteiger partial charge >= 0.3 is 5.69 Å². The van der Waals surface area contributed by atoms with E-state index in [4.69, 9.17) is 5.73 Å². The molecule has 1 atom stereocenters. The molecule has 6 nitrogen and oxygen atoms in total. The number of benzene rings is 1. The summed E-state index contributed by atoms with van der Waals surface area (Å²) in [6, 6.07) is 4.41. The Kier molecular flexibility index (Phi) is 3.44. The smallest absolute Gasteiger partial charge is 0.333 e. The number of aromatic nitrogens is 2. The lowest BCUT2D eigenvalue weighted by atomic mass is 10.1. The summed E-state index contributed by atoms with van der Waals surface area (Å²) in [6.07, 6.45) is 0. The normalized spacial score (nSPS) is 12.4. The molecule has 2 aromatic rings. The average molecular weight is 278 g/mol. The van der Waals surface area contributed by atoms with Gasteiger partial charge < -0.3 is 5.73 Å². The molecule has 0 aliphatic rings. The van der Waals surface area contributed by atoms with Crippen molar-refractivity contribution in [3.05, 3.63) is 51.0 Å². The standard InChI is InChI=1S/C13H15FN4O2/c1-7-4-5-10(6-11(7)14)9(3)17-13(15)12(18(19)20)8(2)16-17/h4-6,9H,15H2,1-3H3. The number of nitro groups is 1. The van der Waals surface area contributed by atoms with Crippen LogP contribution >= 0.6 is 0 Å². The van der Waals surface area contributed by atoms with Crippen LogP contribution in [0.5, 0.6) is 0 Å². The minimum atomic E-state index is -0.559. The number of nitrogens with two attached hydrogens (primary N) is 1. The van der Waals surface area contributed by atoms with Crippen LogP contribution in [-0.4, -0.2) is 14.7 Å². The van der Waals surface area contributed by atoms with Crippen LogP contribution in [0.1, 0.15) is 29.8 Å². The van der Waals surface area contributed by atoms with Crippen molar-refractivity contribution in [2.75, 3.05) is 5.73 Å². The Morgan fingerprint density at radius 3 is 2.60 bits per heavy atom. The zero-order valence-corrected chi connectivity index (χ0v) is 11.4. The molecule has 0 amide bonds. The third-order valence-electron chi connectivity index (χ3n) is 3.32. The first-order valence-corrected chi connectivity index (χ1v) is 6.08. The van der Waals surface area contributed by atoms with E-state index >= 15 is 0 Å². The molecule has 7 heteroatoms. The maximum atomic E-state index is 13.6. The van der Waals surface area contributed by atoms with E-state index in [1.807, 2.05) is 0 Å². The first-order valence-electron chi connectivity index (χ1n) is 6.08. The molecule has 0 aliphatic heterocycles. The van der Waals surface area contributed by atoms with E-state index in [0.29, 0.717) is 11.1 Å². The van der Waals surface area contributed by atoms with Crippen molar-refractivity contribution in [2.45, 2.75) is 26.8 Å². The summed E-state index contributed by atoms with van der Waals surface area (Å²) in [4.78, 5) is 10.4. The molecule has 2 rings (SSSR count). The predicted octanol–water partition coefficient (Wildman–Crippen LogP) is 2.74. The number of anilines is 1. The van der Waals surface area contributed by atoms with Crippen molar-refractivity contribution in [3.8, 4) is 0 Å². The summed E-state index contributed by atoms with van der Waals surface area (Å²) in [5.41, 5.74) is 7.00. The molecular formula is C13H15FN4O2. The van der Waals surface area contributed by atoms with Gasteiger partial charge in [0.25, 0.3) is 0 Å². The molecule has 1 unspecified atom stereocenters. The number of halogens is 1. The van der Waals surface area contributed by atoms with Crippen LogP contribution in [0.25, 0.3) is 0 Å². The number of rotatable bonds is 3. The molecule has 20 heavy (non-hydrogen) atoms. The van der Waals surface area contributed by atoms with Crippen LogP contribution in [0.4, 0.5) is 15.9 Å². The van der Waals surface area contributed by atoms with Gasteiger partial charge in [-0.1, -0.05) is 12.1 Å². The van der Waals surface area contributed by atoms with E-state index in [2.05, 4.69) is 5.10 Å². The van der Waals surface area contributed by atoms with E-state index in [9.17, 15) is 14.5 Å². The highest BCUT2D eigenvalue weighted by Crippen LogP contribution is 2.30. The molecule has 1 aromatic carbocycles. The van der Waals surface area contributed by atoms with Gasteiger partial charge in [-0.05, 0) is 38.0 Å². The van der Waals surface area contributed by atoms with Crippen LogP contribution < -0.4 is 5.73 Å². The van der Waals surface area contributed by atoms with Gasteiger partial charge in [0, 0.05) is 0 Å². The van der Waals surface area contributed by atoms with Gasteiger partial charge in [0.05, 0.1) is 11.0 Å². The van der Waals surface area contributed by atoms with Crippen molar-refractivity contribution in [3.63, 3.8) is 0 Å². The highest BCUT2D eigenvalue weighted by molar-refractivity contribution is 5.56. The zero-order chi connectivity index (χ0) is 15.0. The Bertz CT molecular complexity index is 681. The first kappa shape index (κ1) is 14.0. The van der Waals surface area contributed by atoms with Gasteiger partial charge in [-0.25, -0.2) is 9.07 Å². The Labute approximate surface area is 115 Å². The van der Waals surface area contributed by atoms with Crippen LogP contribution in [0.15, 0.2) is 18.2 Å². The number of aryl methyl sites for hydroxylation is 2. The van der Waals surface area contributed by atoms with Gasteiger partial charge in [-0.15, -0.1) is 0 Å². The molecule has 0 saturated heterocycles. The fourth-order valence-corrected chi connectivity index (χ4v) is 2.09. The second-order valence-corrected chi connectivity index (χ2v) is 4.71. The van der Waals surface area contributed by atoms with Crippen molar-refractivity contribution < 1.29 is 9.31 Å². The summed E-state index contributed by atoms with van der Waals surface area (Å²) in [6.45, 7) is 4.95. The van der Waals surface area contributed by atoms with Gasteiger partial charge in [0.15, 0.2) is 0 Å². The first-order chi connectivity index (χ1) is 9.32. The molecule has 0 aliphatic carbocycles. The Balaban J connectivity index is 2.48. The molecule has 0 saturated carbocycles. The molecule has 106 valence electrons. The minimum absolute atomic E-state index is 0.0269. The summed E-state index contributed by atoms with van der Waals surface area (Å²) >= 11 is 0. The number of hydrogen-bond acceptors (Lipinski definition) is 4. The lowest BCUT2D eigenvalue weighted by molar-refractivity contribution is -0.384. The SMILES string of the molecule is Cc1ccc(C(C)n2nc(C)c([N+](=O)[O-])c2N)cc1F. The minimum Gasteiger partial charge on any atom is -0.378 e. The summed E-state index contributed by atoms with van der Waals surface area (Å²) in [7, 11) is 0. The molecule has 0 radical (unpaired) electrons. The van der Waals surface area contributed by atoms with E-state index in [1.165, 1.54) is 17.7 Å². The lowest BCUT2D eigenvalue weighted by Crippen LogP contribution is -2.12. The van der Waals surface area contributed by atoms with Gasteiger partial charge in [0.1, 0.15) is 11.5 Å². The van der Waals surface area contributed by atoms with Gasteiger partial charge in [-0.3, -0.25) is 10.1 Å². The fourth-order valence-electron chi connectivity index (χ4n) is 2.09. The fraction of sp³-hybridized carbons (Fsp3) is 0.308. The molecule has 1 heterocycles. The average Bonchev–Trinajstić information content (AvgIpc) is 2.67. The molecular weight excluding hydrogens is 263 g/mol. The molecule has 1 aromatic heterocycles. The number of hydrogen-bond donors (Lipinski definition) is 1. The maximum Gasteiger partial charge on any atom is 0.333 e. The second kappa shape index (κ2) is 4.92. The summed E-state index contributed by atoms with van der Waals surface area (Å²) in [5, 5.41) is 15.0. The van der Waals surface area contributed by atoms with Crippen molar-refractivity contribution >= 4 is 11.5 Å². The topological polar surface area (TPSA) is 87.0 Å². The second-order valence-electron chi connectivity index (χ2n) is 4.71. The molecule has 0 spiro atoms. The van der Waals surface area contributed by atoms with Crippen LogP contribution in [0.3, 0.4) is 0 Å². The van der Waals surface area contributed by atoms with Crippen molar-refractivity contribution in [2.24, 2.45) is 0 Å². The van der Waals surface area contributed by atoms with Gasteiger partial charge in [-0.2, -0.15) is 5.10 Å². The predicted molar refractivity (Wildman–Crippen MR) is 73.0 cm³/mol. The van der Waals surface area contributed by atoms with E-state index in [1.54, 1.807) is 26.0 Å². The Morgan fingerprint density at radius 1 is 1.45 bits per heavy atom. The van der Waals surface area contributed by atoms with E-state index in [0.717, 1.165) is 0 Å². The molecule has 2 N–H and O–H groups in total. The van der Waals surface area contributed by atoms with Crippen molar-refractivity contribution in [1.29, 1.82) is 0 Å². The van der Waals surface area contributed by atoms with E-state index < -0.39 is 11.0 Å². The highest BCUT2D eigenvalue weighted by Gasteiger charge is 2.25. The third-order valence-corrected chi connectivity index (χ3v) is 3.32. The van der Waals surface area contributed by atoms with Crippen LogP contribution in [0, 0.1) is 29.8 Å². The third kappa shape index (κ3) is 2.22. The van der Waals surface area contributed by atoms with Crippen LogP contribution in [0.2, 0.25) is 0 Å². The number of nitrogens with zero attached hydrogens (tertiary/aromatic N) is 3. The van der Waals surface area contributed by atoms with Gasteiger partial charge in [0.2, 0.25) is 5.82 Å². The Hall–Kier alpha value is -2.44. The largest absolute Gasteiger partial charge is 0.378 e. The van der Waals surface area contributed by atoms with Crippen molar-refractivity contribution in [1.82, 2.24) is 9.78 Å². The Morgan fingerprint density at radius 2 is 2.10 bits per heavy atom. The monoisotopic (exact) mass is 278 g/mol. The lowest BCUT2D eigenvalue weighted by Gasteiger charge is -2.14. The van der Waals surface area contributed by atoms with Crippen LogP contribution in [-0.2, 0) is 0 Å². The highest BCUT2D eigenvalue weighted by atomic mass is 19.1.